The second-order valence-corrected chi connectivity index (χ2v) is 10.1. The fourth-order valence-electron chi connectivity index (χ4n) is 4.02. The van der Waals surface area contributed by atoms with Crippen LogP contribution < -0.4 is 10.1 Å². The largest absolute Gasteiger partial charge is 0.455 e. The smallest absolute Gasteiger partial charge is 0.238 e. The van der Waals surface area contributed by atoms with Crippen molar-refractivity contribution in [1.82, 2.24) is 9.80 Å². The number of sulfone groups is 1. The van der Waals surface area contributed by atoms with Crippen LogP contribution in [-0.2, 0) is 14.6 Å². The third-order valence-corrected chi connectivity index (χ3v) is 7.38. The highest BCUT2D eigenvalue weighted by molar-refractivity contribution is 7.91. The number of ether oxygens (including phenoxy) is 1. The molecule has 8 heteroatoms. The lowest BCUT2D eigenvalue weighted by Gasteiger charge is -2.37. The van der Waals surface area contributed by atoms with Crippen molar-refractivity contribution in [3.63, 3.8) is 0 Å². The highest BCUT2D eigenvalue weighted by Crippen LogP contribution is 2.29. The molecule has 1 atom stereocenters. The molecule has 0 saturated carbocycles. The maximum atomic E-state index is 12.6. The number of carbonyl (C=O) groups is 1. The first-order valence-corrected chi connectivity index (χ1v) is 12.1. The van der Waals surface area contributed by atoms with Gasteiger partial charge in [-0.25, -0.2) is 8.42 Å². The van der Waals surface area contributed by atoms with E-state index in [-0.39, 0.29) is 17.7 Å². The molecular formula is C22H27N3O4S. The van der Waals surface area contributed by atoms with Gasteiger partial charge in [0.05, 0.1) is 23.7 Å². The number of nitrogens with one attached hydrogen (secondary N) is 1. The molecule has 2 saturated heterocycles. The molecule has 0 aromatic heterocycles. The van der Waals surface area contributed by atoms with E-state index < -0.39 is 9.84 Å². The summed E-state index contributed by atoms with van der Waals surface area (Å²) >= 11 is 0. The van der Waals surface area contributed by atoms with E-state index in [2.05, 4.69) is 15.1 Å². The van der Waals surface area contributed by atoms with E-state index in [0.717, 1.165) is 32.6 Å². The number of anilines is 1. The Balaban J connectivity index is 1.29. The summed E-state index contributed by atoms with van der Waals surface area (Å²) < 4.78 is 29.3. The summed E-state index contributed by atoms with van der Waals surface area (Å²) in [7, 11) is -2.87. The first-order chi connectivity index (χ1) is 14.5. The fraction of sp³-hybridized carbons (Fsp3) is 0.409. The van der Waals surface area contributed by atoms with Gasteiger partial charge in [-0.1, -0.05) is 30.3 Å². The van der Waals surface area contributed by atoms with Crippen molar-refractivity contribution in [3.8, 4) is 11.5 Å². The fourth-order valence-corrected chi connectivity index (χ4v) is 5.78. The van der Waals surface area contributed by atoms with E-state index in [4.69, 9.17) is 4.74 Å². The molecule has 2 aliphatic heterocycles. The summed E-state index contributed by atoms with van der Waals surface area (Å²) in [5.74, 6) is 1.79. The lowest BCUT2D eigenvalue weighted by molar-refractivity contribution is -0.117. The van der Waals surface area contributed by atoms with Crippen LogP contribution in [0.25, 0.3) is 0 Å². The van der Waals surface area contributed by atoms with E-state index in [1.54, 1.807) is 0 Å². The Morgan fingerprint density at radius 1 is 1.00 bits per heavy atom. The van der Waals surface area contributed by atoms with Crippen molar-refractivity contribution in [3.05, 3.63) is 54.6 Å². The Labute approximate surface area is 177 Å². The van der Waals surface area contributed by atoms with E-state index >= 15 is 0 Å². The minimum atomic E-state index is -2.87. The number of benzene rings is 2. The average Bonchev–Trinajstić information content (AvgIpc) is 3.10. The van der Waals surface area contributed by atoms with Crippen LogP contribution in [0.15, 0.2) is 54.6 Å². The van der Waals surface area contributed by atoms with Gasteiger partial charge < -0.3 is 10.1 Å². The van der Waals surface area contributed by atoms with Gasteiger partial charge in [-0.15, -0.1) is 0 Å². The van der Waals surface area contributed by atoms with Gasteiger partial charge in [0.25, 0.3) is 0 Å². The molecule has 4 rings (SSSR count). The highest BCUT2D eigenvalue weighted by Gasteiger charge is 2.33. The van der Waals surface area contributed by atoms with Crippen LogP contribution in [0, 0.1) is 0 Å². The first-order valence-electron chi connectivity index (χ1n) is 10.3. The Morgan fingerprint density at radius 2 is 1.70 bits per heavy atom. The quantitative estimate of drug-likeness (QED) is 0.759. The minimum absolute atomic E-state index is 0.0870. The third kappa shape index (κ3) is 5.38. The maximum Gasteiger partial charge on any atom is 0.238 e. The predicted molar refractivity (Wildman–Crippen MR) is 117 cm³/mol. The number of carbonyl (C=O) groups excluding carboxylic acids is 1. The van der Waals surface area contributed by atoms with Crippen LogP contribution in [0.1, 0.15) is 6.42 Å². The Bertz CT molecular complexity index is 973. The van der Waals surface area contributed by atoms with Gasteiger partial charge in [-0.2, -0.15) is 0 Å². The van der Waals surface area contributed by atoms with Gasteiger partial charge >= 0.3 is 0 Å². The van der Waals surface area contributed by atoms with Crippen LogP contribution >= 0.6 is 0 Å². The van der Waals surface area contributed by atoms with Gasteiger partial charge in [-0.3, -0.25) is 14.6 Å². The molecule has 2 aromatic rings. The zero-order valence-electron chi connectivity index (χ0n) is 16.9. The summed E-state index contributed by atoms with van der Waals surface area (Å²) in [6, 6.07) is 17.0. The summed E-state index contributed by atoms with van der Waals surface area (Å²) in [5, 5.41) is 2.96. The zero-order valence-corrected chi connectivity index (χ0v) is 17.7. The third-order valence-electron chi connectivity index (χ3n) is 5.63. The van der Waals surface area contributed by atoms with Gasteiger partial charge in [0.2, 0.25) is 5.91 Å². The number of rotatable bonds is 6. The standard InChI is InChI=1S/C22H27N3O4S/c26-22(16-24-11-13-25(14-12-24)18-10-15-30(27,28)17-18)23-20-8-4-5-9-21(20)29-19-6-2-1-3-7-19/h1-9,18H,10-17H2,(H,23,26)/t18-/m0/s1. The number of amides is 1. The summed E-state index contributed by atoms with van der Waals surface area (Å²) in [4.78, 5) is 17.0. The molecule has 0 spiro atoms. The topological polar surface area (TPSA) is 79.0 Å². The number of nitrogens with zero attached hydrogens (tertiary/aromatic N) is 2. The molecule has 7 nitrogen and oxygen atoms in total. The lowest BCUT2D eigenvalue weighted by Crippen LogP contribution is -2.52. The lowest BCUT2D eigenvalue weighted by atomic mass is 10.2. The Hall–Kier alpha value is -2.42. The molecule has 2 aromatic carbocycles. The molecular weight excluding hydrogens is 402 g/mol. The van der Waals surface area contributed by atoms with Crippen molar-refractivity contribution in [2.75, 3.05) is 49.5 Å². The number of piperazine rings is 1. The van der Waals surface area contributed by atoms with E-state index in [1.165, 1.54) is 0 Å². The van der Waals surface area contributed by atoms with Crippen molar-refractivity contribution in [2.24, 2.45) is 0 Å². The normalized spacial score (nSPS) is 21.9. The molecule has 2 aliphatic rings. The molecule has 30 heavy (non-hydrogen) atoms. The van der Waals surface area contributed by atoms with Crippen molar-refractivity contribution in [1.29, 1.82) is 0 Å². The molecule has 0 bridgehead atoms. The van der Waals surface area contributed by atoms with E-state index in [0.29, 0.717) is 29.5 Å². The molecule has 160 valence electrons. The SMILES string of the molecule is O=C(CN1CCN([C@H]2CCS(=O)(=O)C2)CC1)Nc1ccccc1Oc1ccccc1. The molecule has 0 radical (unpaired) electrons. The Kier molecular flexibility index (Phi) is 6.36. The number of hydrogen-bond donors (Lipinski definition) is 1. The van der Waals surface area contributed by atoms with E-state index in [9.17, 15) is 13.2 Å². The van der Waals surface area contributed by atoms with E-state index in [1.807, 2.05) is 54.6 Å². The predicted octanol–water partition coefficient (Wildman–Crippen LogP) is 2.22. The number of para-hydroxylation sites is 3. The second kappa shape index (κ2) is 9.16. The van der Waals surface area contributed by atoms with Gasteiger partial charge in [0, 0.05) is 32.2 Å². The summed E-state index contributed by atoms with van der Waals surface area (Å²) in [6.07, 6.45) is 0.723. The molecule has 2 fully saturated rings. The average molecular weight is 430 g/mol. The van der Waals surface area contributed by atoms with Crippen LogP contribution in [0.2, 0.25) is 0 Å². The Morgan fingerprint density at radius 3 is 2.40 bits per heavy atom. The minimum Gasteiger partial charge on any atom is -0.455 e. The monoisotopic (exact) mass is 429 g/mol. The van der Waals surface area contributed by atoms with Crippen LogP contribution in [-0.4, -0.2) is 74.4 Å². The number of hydrogen-bond acceptors (Lipinski definition) is 6. The molecule has 0 aliphatic carbocycles. The van der Waals surface area contributed by atoms with Crippen LogP contribution in [0.5, 0.6) is 11.5 Å². The molecule has 1 N–H and O–H groups in total. The molecule has 0 unspecified atom stereocenters. The van der Waals surface area contributed by atoms with Gasteiger partial charge in [-0.05, 0) is 30.7 Å². The van der Waals surface area contributed by atoms with Gasteiger partial charge in [0.1, 0.15) is 5.75 Å². The van der Waals surface area contributed by atoms with Crippen LogP contribution in [0.3, 0.4) is 0 Å². The van der Waals surface area contributed by atoms with Crippen molar-refractivity contribution < 1.29 is 17.9 Å². The summed E-state index contributed by atoms with van der Waals surface area (Å²) in [6.45, 7) is 3.40. The zero-order chi connectivity index (χ0) is 21.0. The molecule has 2 heterocycles. The highest BCUT2D eigenvalue weighted by atomic mass is 32.2. The maximum absolute atomic E-state index is 12.6. The van der Waals surface area contributed by atoms with Gasteiger partial charge in [0.15, 0.2) is 15.6 Å². The van der Waals surface area contributed by atoms with Crippen molar-refractivity contribution in [2.45, 2.75) is 12.5 Å². The first kappa shape index (κ1) is 20.8. The second-order valence-electron chi connectivity index (χ2n) is 7.83. The summed E-state index contributed by atoms with van der Waals surface area (Å²) in [5.41, 5.74) is 0.640. The van der Waals surface area contributed by atoms with Crippen molar-refractivity contribution >= 4 is 21.4 Å². The van der Waals surface area contributed by atoms with Crippen LogP contribution in [0.4, 0.5) is 5.69 Å². The molecule has 1 amide bonds.